The topological polar surface area (TPSA) is 70.6 Å². The zero-order valence-corrected chi connectivity index (χ0v) is 13.6. The van der Waals surface area contributed by atoms with Crippen LogP contribution in [-0.2, 0) is 9.53 Å². The van der Waals surface area contributed by atoms with Crippen molar-refractivity contribution in [1.82, 2.24) is 10.6 Å². The van der Waals surface area contributed by atoms with Gasteiger partial charge in [-0.2, -0.15) is 0 Å². The molecule has 0 aliphatic carbocycles. The highest BCUT2D eigenvalue weighted by atomic mass is 16.5. The molecule has 1 aliphatic heterocycles. The normalized spacial score (nSPS) is 21.9. The minimum absolute atomic E-state index is 0.120. The standard InChI is InChI=1S/C16H32N2O3/c1-3-5-6-13(4-2)11-21-12-15(19)10-17-14-7-8-16(20)18-9-14/h13-15,17,19H,3-12H2,1-2H3,(H,18,20). The summed E-state index contributed by atoms with van der Waals surface area (Å²) in [6, 6.07) is 0.269. The number of carbonyl (C=O) groups excluding carboxylic acids is 1. The van der Waals surface area contributed by atoms with Crippen LogP contribution in [0.1, 0.15) is 52.4 Å². The fraction of sp³-hybridized carbons (Fsp3) is 0.938. The van der Waals surface area contributed by atoms with E-state index in [1.807, 2.05) is 0 Å². The molecule has 1 heterocycles. The van der Waals surface area contributed by atoms with Crippen LogP contribution in [0.2, 0.25) is 0 Å². The number of unbranched alkanes of at least 4 members (excludes halogenated alkanes) is 1. The second-order valence-corrected chi connectivity index (χ2v) is 6.06. The van der Waals surface area contributed by atoms with Crippen molar-refractivity contribution in [2.75, 3.05) is 26.3 Å². The van der Waals surface area contributed by atoms with E-state index in [1.54, 1.807) is 0 Å². The van der Waals surface area contributed by atoms with Gasteiger partial charge in [0.2, 0.25) is 5.91 Å². The molecule has 1 fully saturated rings. The fourth-order valence-corrected chi connectivity index (χ4v) is 2.54. The molecule has 124 valence electrons. The van der Waals surface area contributed by atoms with E-state index in [9.17, 15) is 9.90 Å². The number of aliphatic hydroxyl groups is 1. The van der Waals surface area contributed by atoms with Crippen LogP contribution in [0.5, 0.6) is 0 Å². The van der Waals surface area contributed by atoms with Crippen molar-refractivity contribution in [3.05, 3.63) is 0 Å². The number of hydrogen-bond acceptors (Lipinski definition) is 4. The average Bonchev–Trinajstić information content (AvgIpc) is 2.50. The first kappa shape index (κ1) is 18.4. The highest BCUT2D eigenvalue weighted by Gasteiger charge is 2.18. The first-order valence-corrected chi connectivity index (χ1v) is 8.41. The molecule has 0 spiro atoms. The Morgan fingerprint density at radius 3 is 2.86 bits per heavy atom. The SMILES string of the molecule is CCCCC(CC)COCC(O)CNC1CCC(=O)NC1. The lowest BCUT2D eigenvalue weighted by Gasteiger charge is -2.25. The van der Waals surface area contributed by atoms with E-state index in [-0.39, 0.29) is 11.9 Å². The van der Waals surface area contributed by atoms with Gasteiger partial charge in [-0.3, -0.25) is 4.79 Å². The lowest BCUT2D eigenvalue weighted by Crippen LogP contribution is -2.48. The predicted octanol–water partition coefficient (Wildman–Crippen LogP) is 1.45. The summed E-state index contributed by atoms with van der Waals surface area (Å²) in [5, 5.41) is 16.0. The second kappa shape index (κ2) is 11.0. The molecular formula is C16H32N2O3. The Labute approximate surface area is 128 Å². The molecule has 1 rings (SSSR count). The minimum Gasteiger partial charge on any atom is -0.389 e. The van der Waals surface area contributed by atoms with Crippen LogP contribution in [0.4, 0.5) is 0 Å². The molecule has 3 atom stereocenters. The van der Waals surface area contributed by atoms with Crippen LogP contribution >= 0.6 is 0 Å². The van der Waals surface area contributed by atoms with E-state index in [1.165, 1.54) is 19.3 Å². The number of aliphatic hydroxyl groups excluding tert-OH is 1. The maximum absolute atomic E-state index is 11.0. The molecular weight excluding hydrogens is 268 g/mol. The van der Waals surface area contributed by atoms with E-state index in [0.717, 1.165) is 19.4 Å². The number of ether oxygens (including phenoxy) is 1. The van der Waals surface area contributed by atoms with Gasteiger partial charge in [0.1, 0.15) is 0 Å². The van der Waals surface area contributed by atoms with Gasteiger partial charge in [-0.05, 0) is 18.8 Å². The summed E-state index contributed by atoms with van der Waals surface area (Å²) >= 11 is 0. The molecule has 0 saturated carbocycles. The van der Waals surface area contributed by atoms with Gasteiger partial charge in [-0.1, -0.05) is 33.1 Å². The molecule has 0 radical (unpaired) electrons. The van der Waals surface area contributed by atoms with Crippen molar-refractivity contribution in [2.24, 2.45) is 5.92 Å². The number of amides is 1. The van der Waals surface area contributed by atoms with Crippen molar-refractivity contribution in [3.8, 4) is 0 Å². The highest BCUT2D eigenvalue weighted by molar-refractivity contribution is 5.76. The predicted molar refractivity (Wildman–Crippen MR) is 84.2 cm³/mol. The Kier molecular flexibility index (Phi) is 9.63. The average molecular weight is 300 g/mol. The number of hydrogen-bond donors (Lipinski definition) is 3. The van der Waals surface area contributed by atoms with Crippen molar-refractivity contribution in [3.63, 3.8) is 0 Å². The molecule has 5 heteroatoms. The van der Waals surface area contributed by atoms with Gasteiger partial charge in [0, 0.05) is 32.2 Å². The van der Waals surface area contributed by atoms with Gasteiger partial charge in [0.15, 0.2) is 0 Å². The molecule has 21 heavy (non-hydrogen) atoms. The Morgan fingerprint density at radius 1 is 1.43 bits per heavy atom. The van der Waals surface area contributed by atoms with Crippen LogP contribution in [0.25, 0.3) is 0 Å². The van der Waals surface area contributed by atoms with Crippen molar-refractivity contribution in [2.45, 2.75) is 64.5 Å². The summed E-state index contributed by atoms with van der Waals surface area (Å²) in [4.78, 5) is 11.0. The van der Waals surface area contributed by atoms with Crippen molar-refractivity contribution in [1.29, 1.82) is 0 Å². The summed E-state index contributed by atoms with van der Waals surface area (Å²) in [5.74, 6) is 0.730. The van der Waals surface area contributed by atoms with E-state index < -0.39 is 6.10 Å². The number of carbonyl (C=O) groups is 1. The molecule has 0 aromatic carbocycles. The van der Waals surface area contributed by atoms with Crippen LogP contribution < -0.4 is 10.6 Å². The van der Waals surface area contributed by atoms with Crippen molar-refractivity contribution >= 4 is 5.91 Å². The lowest BCUT2D eigenvalue weighted by molar-refractivity contribution is -0.122. The smallest absolute Gasteiger partial charge is 0.220 e. The molecule has 1 aliphatic rings. The van der Waals surface area contributed by atoms with Gasteiger partial charge in [0.25, 0.3) is 0 Å². The molecule has 1 saturated heterocycles. The zero-order chi connectivity index (χ0) is 15.5. The fourth-order valence-electron chi connectivity index (χ4n) is 2.54. The number of rotatable bonds is 11. The zero-order valence-electron chi connectivity index (χ0n) is 13.6. The van der Waals surface area contributed by atoms with Crippen LogP contribution in [0, 0.1) is 5.92 Å². The molecule has 0 aromatic rings. The summed E-state index contributed by atoms with van der Waals surface area (Å²) in [6.45, 7) is 6.70. The largest absolute Gasteiger partial charge is 0.389 e. The van der Waals surface area contributed by atoms with E-state index >= 15 is 0 Å². The van der Waals surface area contributed by atoms with Gasteiger partial charge in [0.05, 0.1) is 12.7 Å². The summed E-state index contributed by atoms with van der Waals surface area (Å²) in [6.07, 6.45) is 5.75. The van der Waals surface area contributed by atoms with E-state index in [0.29, 0.717) is 32.0 Å². The third-order valence-corrected chi connectivity index (χ3v) is 4.11. The van der Waals surface area contributed by atoms with E-state index in [2.05, 4.69) is 24.5 Å². The first-order valence-electron chi connectivity index (χ1n) is 8.41. The summed E-state index contributed by atoms with van der Waals surface area (Å²) in [5.41, 5.74) is 0. The first-order chi connectivity index (χ1) is 10.2. The number of nitrogens with one attached hydrogen (secondary N) is 2. The maximum Gasteiger partial charge on any atom is 0.220 e. The third kappa shape index (κ3) is 8.39. The van der Waals surface area contributed by atoms with Crippen LogP contribution in [-0.4, -0.2) is 49.5 Å². The van der Waals surface area contributed by atoms with Gasteiger partial charge in [-0.25, -0.2) is 0 Å². The third-order valence-electron chi connectivity index (χ3n) is 4.11. The van der Waals surface area contributed by atoms with Gasteiger partial charge >= 0.3 is 0 Å². The molecule has 1 amide bonds. The number of piperidine rings is 1. The van der Waals surface area contributed by atoms with Crippen LogP contribution in [0.3, 0.4) is 0 Å². The summed E-state index contributed by atoms with van der Waals surface area (Å²) < 4.78 is 5.64. The molecule has 3 N–H and O–H groups in total. The quantitative estimate of drug-likeness (QED) is 0.540. The summed E-state index contributed by atoms with van der Waals surface area (Å²) in [7, 11) is 0. The molecule has 0 aromatic heterocycles. The minimum atomic E-state index is -0.480. The van der Waals surface area contributed by atoms with Crippen molar-refractivity contribution < 1.29 is 14.6 Å². The molecule has 0 bridgehead atoms. The molecule has 3 unspecified atom stereocenters. The maximum atomic E-state index is 11.0. The van der Waals surface area contributed by atoms with E-state index in [4.69, 9.17) is 4.74 Å². The molecule has 5 nitrogen and oxygen atoms in total. The Balaban J connectivity index is 2.05. The Morgan fingerprint density at radius 2 is 2.24 bits per heavy atom. The second-order valence-electron chi connectivity index (χ2n) is 6.06. The Bertz CT molecular complexity index is 277. The van der Waals surface area contributed by atoms with Crippen LogP contribution in [0.15, 0.2) is 0 Å². The monoisotopic (exact) mass is 300 g/mol. The highest BCUT2D eigenvalue weighted by Crippen LogP contribution is 2.12. The Hall–Kier alpha value is -0.650. The van der Waals surface area contributed by atoms with Gasteiger partial charge < -0.3 is 20.5 Å². The van der Waals surface area contributed by atoms with Gasteiger partial charge in [-0.15, -0.1) is 0 Å². The lowest BCUT2D eigenvalue weighted by atomic mass is 10.0.